The molecule has 2 aliphatic heterocycles. The second kappa shape index (κ2) is 12.2. The molecule has 2 aliphatic rings. The first-order chi connectivity index (χ1) is 14.4. The molecule has 2 saturated heterocycles. The van der Waals surface area contributed by atoms with E-state index < -0.39 is 10.0 Å². The summed E-state index contributed by atoms with van der Waals surface area (Å²) >= 11 is 0. The number of hydrogen-bond acceptors (Lipinski definition) is 4. The summed E-state index contributed by atoms with van der Waals surface area (Å²) in [6, 6.07) is 10.4. The molecule has 1 N–H and O–H groups in total. The minimum atomic E-state index is -3.32. The molecule has 0 amide bonds. The number of rotatable bonds is 5. The molecule has 0 saturated carbocycles. The van der Waals surface area contributed by atoms with Gasteiger partial charge in [-0.25, -0.2) is 8.42 Å². The summed E-state index contributed by atoms with van der Waals surface area (Å²) in [4.78, 5) is 6.56. The number of ether oxygens (including phenoxy) is 1. The maximum Gasteiger partial charge on any atom is 0.216 e. The summed E-state index contributed by atoms with van der Waals surface area (Å²) < 4.78 is 32.6. The van der Waals surface area contributed by atoms with Crippen LogP contribution < -0.4 is 5.32 Å². The molecule has 1 aromatic rings. The highest BCUT2D eigenvalue weighted by Crippen LogP contribution is 2.19. The van der Waals surface area contributed by atoms with E-state index in [9.17, 15) is 8.42 Å². The van der Waals surface area contributed by atoms with Gasteiger partial charge >= 0.3 is 0 Å². The molecule has 174 valence electrons. The molecule has 0 aromatic heterocycles. The van der Waals surface area contributed by atoms with Gasteiger partial charge in [-0.3, -0.25) is 4.99 Å². The van der Waals surface area contributed by atoms with Crippen LogP contribution in [0.1, 0.15) is 32.3 Å². The van der Waals surface area contributed by atoms with Gasteiger partial charge in [0.25, 0.3) is 0 Å². The van der Waals surface area contributed by atoms with Crippen LogP contribution in [0.15, 0.2) is 40.9 Å². The maximum absolute atomic E-state index is 12.7. The number of likely N-dealkylation sites (tertiary alicyclic amines) is 1. The van der Waals surface area contributed by atoms with Gasteiger partial charge in [0, 0.05) is 39.8 Å². The third-order valence-corrected chi connectivity index (χ3v) is 7.31. The van der Waals surface area contributed by atoms with E-state index in [4.69, 9.17) is 4.74 Å². The highest BCUT2D eigenvalue weighted by molar-refractivity contribution is 14.0. The molecular weight excluding hydrogens is 527 g/mol. The number of piperidine rings is 1. The smallest absolute Gasteiger partial charge is 0.216 e. The highest BCUT2D eigenvalue weighted by atomic mass is 127. The number of morpholine rings is 1. The number of benzene rings is 1. The zero-order valence-corrected chi connectivity index (χ0v) is 21.8. The monoisotopic (exact) mass is 562 g/mol. The van der Waals surface area contributed by atoms with Crippen LogP contribution in [0.3, 0.4) is 0 Å². The molecule has 2 atom stereocenters. The van der Waals surface area contributed by atoms with Crippen molar-refractivity contribution in [3.63, 3.8) is 0 Å². The lowest BCUT2D eigenvalue weighted by Crippen LogP contribution is -2.50. The van der Waals surface area contributed by atoms with Gasteiger partial charge in [-0.05, 0) is 32.3 Å². The van der Waals surface area contributed by atoms with Crippen LogP contribution in [0.4, 0.5) is 0 Å². The van der Waals surface area contributed by atoms with Crippen LogP contribution >= 0.6 is 24.0 Å². The fourth-order valence-electron chi connectivity index (χ4n) is 4.05. The minimum absolute atomic E-state index is 0. The van der Waals surface area contributed by atoms with Gasteiger partial charge in [0.1, 0.15) is 0 Å². The number of sulfonamides is 1. The standard InChI is InChI=1S/C22H34N4O3S.HI/c1-18-16-26(17-19(2)29-18)30(27,28)14-11-24-22(23-3)25-12-9-21(10-13-25)15-20-7-5-4-6-8-20;/h4-8,15,18-19H,9-14,16-17H2,1-3H3,(H,23,24);1H. The molecule has 31 heavy (non-hydrogen) atoms. The molecule has 0 bridgehead atoms. The van der Waals surface area contributed by atoms with Gasteiger partial charge in [-0.15, -0.1) is 24.0 Å². The van der Waals surface area contributed by atoms with Crippen molar-refractivity contribution in [3.05, 3.63) is 41.5 Å². The van der Waals surface area contributed by atoms with Crippen molar-refractivity contribution in [2.45, 2.75) is 38.9 Å². The fraction of sp³-hybridized carbons (Fsp3) is 0.591. The molecule has 1 aromatic carbocycles. The lowest BCUT2D eigenvalue weighted by atomic mass is 10.0. The van der Waals surface area contributed by atoms with E-state index in [-0.39, 0.29) is 41.9 Å². The molecule has 0 radical (unpaired) electrons. The molecule has 7 nitrogen and oxygen atoms in total. The molecule has 0 aliphatic carbocycles. The van der Waals surface area contributed by atoms with Crippen molar-refractivity contribution in [2.75, 3.05) is 45.5 Å². The summed E-state index contributed by atoms with van der Waals surface area (Å²) in [5, 5.41) is 3.24. The number of nitrogens with one attached hydrogen (secondary N) is 1. The van der Waals surface area contributed by atoms with Gasteiger partial charge in [-0.1, -0.05) is 42.0 Å². The third kappa shape index (κ3) is 7.73. The largest absolute Gasteiger partial charge is 0.373 e. The van der Waals surface area contributed by atoms with Crippen molar-refractivity contribution < 1.29 is 13.2 Å². The van der Waals surface area contributed by atoms with Crippen molar-refractivity contribution in [1.82, 2.24) is 14.5 Å². The lowest BCUT2D eigenvalue weighted by Gasteiger charge is -2.34. The molecule has 2 unspecified atom stereocenters. The molecule has 2 heterocycles. The Kier molecular flexibility index (Phi) is 10.2. The van der Waals surface area contributed by atoms with Gasteiger partial charge in [0.05, 0.1) is 18.0 Å². The Bertz CT molecular complexity index is 841. The second-order valence-electron chi connectivity index (χ2n) is 8.06. The van der Waals surface area contributed by atoms with E-state index in [1.54, 1.807) is 11.4 Å². The molecular formula is C22H35IN4O3S. The lowest BCUT2D eigenvalue weighted by molar-refractivity contribution is -0.0440. The van der Waals surface area contributed by atoms with Crippen LogP contribution in [-0.4, -0.2) is 81.3 Å². The number of aliphatic imine (C=N–C) groups is 1. The second-order valence-corrected chi connectivity index (χ2v) is 10.2. The van der Waals surface area contributed by atoms with Crippen LogP contribution in [0, 0.1) is 0 Å². The Morgan fingerprint density at radius 2 is 1.77 bits per heavy atom. The number of hydrogen-bond donors (Lipinski definition) is 1. The highest BCUT2D eigenvalue weighted by Gasteiger charge is 2.30. The number of halogens is 1. The SMILES string of the molecule is CN=C(NCCS(=O)(=O)N1CC(C)OC(C)C1)N1CCC(=Cc2ccccc2)CC1.I. The predicted molar refractivity (Wildman–Crippen MR) is 137 cm³/mol. The zero-order valence-electron chi connectivity index (χ0n) is 18.7. The maximum atomic E-state index is 12.7. The van der Waals surface area contributed by atoms with E-state index in [1.165, 1.54) is 11.1 Å². The summed E-state index contributed by atoms with van der Waals surface area (Å²) in [6.07, 6.45) is 4.09. The Morgan fingerprint density at radius 3 is 2.35 bits per heavy atom. The van der Waals surface area contributed by atoms with Gasteiger partial charge in [0.15, 0.2) is 5.96 Å². The van der Waals surface area contributed by atoms with E-state index in [0.29, 0.717) is 19.6 Å². The number of guanidine groups is 1. The van der Waals surface area contributed by atoms with Crippen molar-refractivity contribution in [3.8, 4) is 0 Å². The Hall–Kier alpha value is -1.17. The molecule has 2 fully saturated rings. The average Bonchev–Trinajstić information content (AvgIpc) is 2.72. The van der Waals surface area contributed by atoms with Crippen molar-refractivity contribution >= 4 is 46.0 Å². The molecule has 9 heteroatoms. The van der Waals surface area contributed by atoms with Gasteiger partial charge in [-0.2, -0.15) is 4.31 Å². The van der Waals surface area contributed by atoms with Crippen molar-refractivity contribution in [1.29, 1.82) is 0 Å². The summed E-state index contributed by atoms with van der Waals surface area (Å²) in [6.45, 7) is 6.77. The molecule has 0 spiro atoms. The first-order valence-electron chi connectivity index (χ1n) is 10.7. The summed E-state index contributed by atoms with van der Waals surface area (Å²) in [5.41, 5.74) is 2.67. The fourth-order valence-corrected chi connectivity index (χ4v) is 5.54. The third-order valence-electron chi connectivity index (χ3n) is 5.51. The minimum Gasteiger partial charge on any atom is -0.373 e. The van der Waals surface area contributed by atoms with E-state index >= 15 is 0 Å². The normalized spacial score (nSPS) is 23.3. The summed E-state index contributed by atoms with van der Waals surface area (Å²) in [5.74, 6) is 0.825. The first-order valence-corrected chi connectivity index (χ1v) is 12.3. The topological polar surface area (TPSA) is 74.2 Å². The summed E-state index contributed by atoms with van der Waals surface area (Å²) in [7, 11) is -1.57. The van der Waals surface area contributed by atoms with Crippen molar-refractivity contribution in [2.24, 2.45) is 4.99 Å². The Morgan fingerprint density at radius 1 is 1.16 bits per heavy atom. The van der Waals surface area contributed by atoms with E-state index in [2.05, 4.69) is 45.6 Å². The van der Waals surface area contributed by atoms with Gasteiger partial charge < -0.3 is 15.0 Å². The average molecular weight is 563 g/mol. The van der Waals surface area contributed by atoms with Gasteiger partial charge in [0.2, 0.25) is 10.0 Å². The Balaban J connectivity index is 0.00000341. The van der Waals surface area contributed by atoms with Crippen LogP contribution in [-0.2, 0) is 14.8 Å². The van der Waals surface area contributed by atoms with Crippen LogP contribution in [0.2, 0.25) is 0 Å². The first kappa shape index (κ1) is 26.1. The predicted octanol–water partition coefficient (Wildman–Crippen LogP) is 2.80. The quantitative estimate of drug-likeness (QED) is 0.340. The van der Waals surface area contributed by atoms with E-state index in [0.717, 1.165) is 31.9 Å². The van der Waals surface area contributed by atoms with E-state index in [1.807, 2.05) is 19.9 Å². The Labute approximate surface area is 204 Å². The molecule has 3 rings (SSSR count). The van der Waals surface area contributed by atoms with Crippen LogP contribution in [0.5, 0.6) is 0 Å². The van der Waals surface area contributed by atoms with Crippen LogP contribution in [0.25, 0.3) is 6.08 Å². The zero-order chi connectivity index (χ0) is 21.6. The number of nitrogens with zero attached hydrogens (tertiary/aromatic N) is 3.